The van der Waals surface area contributed by atoms with E-state index in [2.05, 4.69) is 5.32 Å². The minimum absolute atomic E-state index is 0.0783. The van der Waals surface area contributed by atoms with Crippen LogP contribution < -0.4 is 15.0 Å². The normalized spacial score (nSPS) is 11.6. The van der Waals surface area contributed by atoms with Gasteiger partial charge in [-0.1, -0.05) is 29.8 Å². The molecule has 2 N–H and O–H groups in total. The molecule has 0 fully saturated rings. The van der Waals surface area contributed by atoms with E-state index in [4.69, 9.17) is 16.3 Å². The lowest BCUT2D eigenvalue weighted by atomic mass is 10.2. The van der Waals surface area contributed by atoms with E-state index in [1.807, 2.05) is 0 Å². The highest BCUT2D eigenvalue weighted by Gasteiger charge is 2.19. The summed E-state index contributed by atoms with van der Waals surface area (Å²) in [4.78, 5) is 26.8. The second kappa shape index (κ2) is 10.1. The van der Waals surface area contributed by atoms with Crippen LogP contribution >= 0.6 is 11.6 Å². The Labute approximate surface area is 168 Å². The first-order chi connectivity index (χ1) is 13.3. The summed E-state index contributed by atoms with van der Waals surface area (Å²) >= 11 is 5.96. The predicted molar refractivity (Wildman–Crippen MR) is 106 cm³/mol. The number of quaternary nitrogens is 1. The molecule has 2 aromatic rings. The van der Waals surface area contributed by atoms with Crippen LogP contribution in [0.25, 0.3) is 0 Å². The van der Waals surface area contributed by atoms with Crippen molar-refractivity contribution in [3.63, 3.8) is 0 Å². The minimum atomic E-state index is -0.349. The zero-order chi connectivity index (χ0) is 20.7. The van der Waals surface area contributed by atoms with Crippen LogP contribution in [0.3, 0.4) is 0 Å². The molecule has 2 aromatic carbocycles. The molecule has 28 heavy (non-hydrogen) atoms. The molecule has 8 heteroatoms. The number of methoxy groups -OCH3 is 1. The summed E-state index contributed by atoms with van der Waals surface area (Å²) in [6.07, 6.45) is 0. The Morgan fingerprint density at radius 1 is 1.21 bits per heavy atom. The van der Waals surface area contributed by atoms with Crippen molar-refractivity contribution in [2.45, 2.75) is 6.54 Å². The van der Waals surface area contributed by atoms with Crippen molar-refractivity contribution in [2.24, 2.45) is 0 Å². The highest BCUT2D eigenvalue weighted by Crippen LogP contribution is 2.27. The van der Waals surface area contributed by atoms with Gasteiger partial charge in [-0.25, -0.2) is 4.39 Å². The number of hydrogen-bond donors (Lipinski definition) is 2. The smallest absolute Gasteiger partial charge is 0.279 e. The van der Waals surface area contributed by atoms with Crippen LogP contribution in [0, 0.1) is 5.82 Å². The third-order valence-corrected chi connectivity index (χ3v) is 4.38. The number of ether oxygens (including phenoxy) is 1. The molecule has 1 atom stereocenters. The third-order valence-electron chi connectivity index (χ3n) is 4.14. The molecule has 1 unspecified atom stereocenters. The van der Waals surface area contributed by atoms with Gasteiger partial charge in [0.25, 0.3) is 11.8 Å². The quantitative estimate of drug-likeness (QED) is 0.697. The Kier molecular flexibility index (Phi) is 7.78. The molecule has 0 aliphatic heterocycles. The van der Waals surface area contributed by atoms with Gasteiger partial charge < -0.3 is 19.9 Å². The Morgan fingerprint density at radius 3 is 2.61 bits per heavy atom. The van der Waals surface area contributed by atoms with Crippen LogP contribution in [0.5, 0.6) is 5.75 Å². The van der Waals surface area contributed by atoms with E-state index in [9.17, 15) is 14.0 Å². The summed E-state index contributed by atoms with van der Waals surface area (Å²) in [7, 11) is 4.85. The van der Waals surface area contributed by atoms with Crippen LogP contribution in [-0.4, -0.2) is 51.0 Å². The highest BCUT2D eigenvalue weighted by molar-refractivity contribution is 6.31. The maximum Gasteiger partial charge on any atom is 0.279 e. The van der Waals surface area contributed by atoms with Crippen molar-refractivity contribution in [1.82, 2.24) is 4.90 Å². The van der Waals surface area contributed by atoms with Crippen LogP contribution in [0.4, 0.5) is 10.1 Å². The summed E-state index contributed by atoms with van der Waals surface area (Å²) in [5.41, 5.74) is 0.914. The predicted octanol–water partition coefficient (Wildman–Crippen LogP) is 1.60. The molecule has 0 bridgehead atoms. The zero-order valence-electron chi connectivity index (χ0n) is 16.1. The molecule has 0 aromatic heterocycles. The molecule has 6 nitrogen and oxygen atoms in total. The second-order valence-electron chi connectivity index (χ2n) is 6.54. The number of nitrogens with zero attached hydrogens (tertiary/aromatic N) is 1. The number of halogens is 2. The molecule has 0 spiro atoms. The number of amides is 2. The molecule has 2 amide bonds. The third kappa shape index (κ3) is 6.21. The van der Waals surface area contributed by atoms with Crippen molar-refractivity contribution >= 4 is 29.1 Å². The largest absolute Gasteiger partial charge is 0.495 e. The summed E-state index contributed by atoms with van der Waals surface area (Å²) in [5.74, 6) is -0.315. The second-order valence-corrected chi connectivity index (χ2v) is 6.98. The maximum atomic E-state index is 13.7. The molecule has 150 valence electrons. The van der Waals surface area contributed by atoms with Crippen molar-refractivity contribution in [2.75, 3.05) is 39.6 Å². The number of carbonyl (C=O) groups excluding carboxylic acids is 2. The number of anilines is 1. The van der Waals surface area contributed by atoms with E-state index in [0.29, 0.717) is 26.9 Å². The fourth-order valence-electron chi connectivity index (χ4n) is 2.67. The average Bonchev–Trinajstić information content (AvgIpc) is 2.63. The first-order valence-electron chi connectivity index (χ1n) is 8.72. The Hall–Kier alpha value is -2.64. The van der Waals surface area contributed by atoms with E-state index in [0.717, 1.165) is 0 Å². The lowest BCUT2D eigenvalue weighted by molar-refractivity contribution is -0.862. The Morgan fingerprint density at radius 2 is 1.93 bits per heavy atom. The Bertz CT molecular complexity index is 847. The summed E-state index contributed by atoms with van der Waals surface area (Å²) < 4.78 is 18.9. The average molecular weight is 409 g/mol. The van der Waals surface area contributed by atoms with Gasteiger partial charge in [0.15, 0.2) is 13.1 Å². The van der Waals surface area contributed by atoms with E-state index in [1.54, 1.807) is 50.5 Å². The van der Waals surface area contributed by atoms with Gasteiger partial charge in [-0.05, 0) is 24.3 Å². The maximum absolute atomic E-state index is 13.7. The molecule has 0 aliphatic rings. The van der Waals surface area contributed by atoms with Crippen molar-refractivity contribution in [3.05, 3.63) is 58.9 Å². The van der Waals surface area contributed by atoms with Gasteiger partial charge in [-0.15, -0.1) is 0 Å². The summed E-state index contributed by atoms with van der Waals surface area (Å²) in [6.45, 7) is 0.352. The standard InChI is InChI=1S/C20H23ClFN3O3/c1-24(12-19(26)23-17-10-15(21)8-9-18(17)28-3)13-20(27)25(2)11-14-6-4-5-7-16(14)22/h4-10H,11-13H2,1-3H3,(H,23,26)/p+1. The van der Waals surface area contributed by atoms with Crippen molar-refractivity contribution in [3.8, 4) is 5.75 Å². The molecule has 2 rings (SSSR count). The lowest BCUT2D eigenvalue weighted by Gasteiger charge is -2.20. The number of rotatable bonds is 8. The van der Waals surface area contributed by atoms with E-state index in [-0.39, 0.29) is 37.3 Å². The summed E-state index contributed by atoms with van der Waals surface area (Å²) in [6, 6.07) is 11.3. The molecular formula is C20H24ClFN3O3+. The molecule has 0 saturated heterocycles. The van der Waals surface area contributed by atoms with Gasteiger partial charge in [0, 0.05) is 24.2 Å². The van der Waals surface area contributed by atoms with Gasteiger partial charge in [0.2, 0.25) is 0 Å². The van der Waals surface area contributed by atoms with E-state index < -0.39 is 0 Å². The highest BCUT2D eigenvalue weighted by atomic mass is 35.5. The van der Waals surface area contributed by atoms with E-state index in [1.165, 1.54) is 18.1 Å². The fourth-order valence-corrected chi connectivity index (χ4v) is 2.84. The number of likely N-dealkylation sites (N-methyl/N-ethyl adjacent to an activating group) is 2. The van der Waals surface area contributed by atoms with Gasteiger partial charge in [-0.3, -0.25) is 9.59 Å². The zero-order valence-corrected chi connectivity index (χ0v) is 16.8. The molecule has 0 saturated carbocycles. The number of carbonyl (C=O) groups is 2. The van der Waals surface area contributed by atoms with Crippen LogP contribution in [0.15, 0.2) is 42.5 Å². The van der Waals surface area contributed by atoms with Gasteiger partial charge >= 0.3 is 0 Å². The molecule has 0 aliphatic carbocycles. The number of nitrogens with one attached hydrogen (secondary N) is 2. The SMILES string of the molecule is COc1ccc(Cl)cc1NC(=O)C[NH+](C)CC(=O)N(C)Cc1ccccc1F. The van der Waals surface area contributed by atoms with E-state index >= 15 is 0 Å². The number of hydrogen-bond acceptors (Lipinski definition) is 3. The topological polar surface area (TPSA) is 63.1 Å². The number of benzene rings is 2. The summed E-state index contributed by atoms with van der Waals surface area (Å²) in [5, 5.41) is 3.21. The minimum Gasteiger partial charge on any atom is -0.495 e. The van der Waals surface area contributed by atoms with Gasteiger partial charge in [-0.2, -0.15) is 0 Å². The first kappa shape index (κ1) is 21.7. The monoisotopic (exact) mass is 408 g/mol. The molecule has 0 radical (unpaired) electrons. The van der Waals surface area contributed by atoms with Crippen molar-refractivity contribution in [1.29, 1.82) is 0 Å². The van der Waals surface area contributed by atoms with Crippen molar-refractivity contribution < 1.29 is 23.6 Å². The molecular weight excluding hydrogens is 385 g/mol. The molecule has 0 heterocycles. The Balaban J connectivity index is 1.88. The fraction of sp³-hybridized carbons (Fsp3) is 0.300. The van der Waals surface area contributed by atoms with Crippen LogP contribution in [0.2, 0.25) is 5.02 Å². The van der Waals surface area contributed by atoms with Crippen LogP contribution in [-0.2, 0) is 16.1 Å². The first-order valence-corrected chi connectivity index (χ1v) is 9.10. The lowest BCUT2D eigenvalue weighted by Crippen LogP contribution is -3.11. The van der Waals surface area contributed by atoms with Crippen LogP contribution in [0.1, 0.15) is 5.56 Å². The van der Waals surface area contributed by atoms with Gasteiger partial charge in [0.1, 0.15) is 11.6 Å². The van der Waals surface area contributed by atoms with Gasteiger partial charge in [0.05, 0.1) is 19.8 Å².